The van der Waals surface area contributed by atoms with Crippen molar-refractivity contribution in [2.75, 3.05) is 18.4 Å². The lowest BCUT2D eigenvalue weighted by Crippen LogP contribution is -2.44. The van der Waals surface area contributed by atoms with Crippen LogP contribution in [0.5, 0.6) is 0 Å². The molecule has 0 bridgehead atoms. The van der Waals surface area contributed by atoms with Gasteiger partial charge in [-0.2, -0.15) is 5.26 Å². The Morgan fingerprint density at radius 3 is 2.90 bits per heavy atom. The van der Waals surface area contributed by atoms with E-state index in [4.69, 9.17) is 22.0 Å². The first-order chi connectivity index (χ1) is 10.0. The minimum Gasteiger partial charge on any atom is -0.481 e. The summed E-state index contributed by atoms with van der Waals surface area (Å²) in [7, 11) is 0. The summed E-state index contributed by atoms with van der Waals surface area (Å²) in [4.78, 5) is 24.6. The Morgan fingerprint density at radius 1 is 1.48 bits per heavy atom. The number of nitriles is 1. The fourth-order valence-electron chi connectivity index (χ4n) is 2.25. The van der Waals surface area contributed by atoms with Crippen LogP contribution >= 0.6 is 11.6 Å². The number of amides is 2. The number of urea groups is 1. The number of rotatable bonds is 2. The number of nitrogens with one attached hydrogen (secondary N) is 1. The molecule has 0 radical (unpaired) electrons. The van der Waals surface area contributed by atoms with E-state index in [1.807, 2.05) is 6.07 Å². The zero-order chi connectivity index (χ0) is 15.4. The van der Waals surface area contributed by atoms with Crippen molar-refractivity contribution in [1.29, 1.82) is 5.26 Å². The monoisotopic (exact) mass is 307 g/mol. The van der Waals surface area contributed by atoms with E-state index >= 15 is 0 Å². The average molecular weight is 308 g/mol. The molecule has 2 amide bonds. The van der Waals surface area contributed by atoms with Crippen molar-refractivity contribution < 1.29 is 14.7 Å². The van der Waals surface area contributed by atoms with Crippen LogP contribution in [0.1, 0.15) is 18.4 Å². The summed E-state index contributed by atoms with van der Waals surface area (Å²) in [6.07, 6.45) is 1.22. The molecule has 21 heavy (non-hydrogen) atoms. The van der Waals surface area contributed by atoms with Crippen LogP contribution in [0.3, 0.4) is 0 Å². The van der Waals surface area contributed by atoms with Gasteiger partial charge in [-0.3, -0.25) is 4.79 Å². The maximum Gasteiger partial charge on any atom is 0.321 e. The summed E-state index contributed by atoms with van der Waals surface area (Å²) in [6, 6.07) is 6.14. The topological polar surface area (TPSA) is 93.4 Å². The van der Waals surface area contributed by atoms with Crippen molar-refractivity contribution in [3.05, 3.63) is 28.8 Å². The van der Waals surface area contributed by atoms with Crippen molar-refractivity contribution >= 4 is 29.3 Å². The number of carbonyl (C=O) groups excluding carboxylic acids is 1. The summed E-state index contributed by atoms with van der Waals surface area (Å²) in [5, 5.41) is 20.8. The quantitative estimate of drug-likeness (QED) is 0.878. The molecule has 0 saturated carbocycles. The van der Waals surface area contributed by atoms with Gasteiger partial charge in [0.15, 0.2) is 0 Å². The smallest absolute Gasteiger partial charge is 0.321 e. The number of aliphatic carboxylic acids is 1. The summed E-state index contributed by atoms with van der Waals surface area (Å²) >= 11 is 5.98. The highest BCUT2D eigenvalue weighted by molar-refractivity contribution is 6.33. The molecule has 2 N–H and O–H groups in total. The second kappa shape index (κ2) is 6.46. The maximum atomic E-state index is 12.2. The van der Waals surface area contributed by atoms with Crippen LogP contribution in [0.2, 0.25) is 5.02 Å². The molecular weight excluding hydrogens is 294 g/mol. The predicted molar refractivity (Wildman–Crippen MR) is 77.1 cm³/mol. The molecule has 1 aliphatic rings. The predicted octanol–water partition coefficient (Wildman–Crippen LogP) is 2.54. The molecule has 1 aliphatic heterocycles. The number of benzene rings is 1. The van der Waals surface area contributed by atoms with Crippen molar-refractivity contribution in [3.63, 3.8) is 0 Å². The molecule has 1 heterocycles. The number of carboxylic acid groups (broad SMARTS) is 1. The van der Waals surface area contributed by atoms with Crippen LogP contribution < -0.4 is 5.32 Å². The Kier molecular flexibility index (Phi) is 4.66. The Morgan fingerprint density at radius 2 is 2.24 bits per heavy atom. The van der Waals surface area contributed by atoms with Gasteiger partial charge in [-0.05, 0) is 31.0 Å². The number of hydrogen-bond acceptors (Lipinski definition) is 3. The van der Waals surface area contributed by atoms with Gasteiger partial charge < -0.3 is 15.3 Å². The Labute approximate surface area is 126 Å². The van der Waals surface area contributed by atoms with E-state index in [2.05, 4.69) is 5.32 Å². The number of likely N-dealkylation sites (tertiary alicyclic amines) is 1. The summed E-state index contributed by atoms with van der Waals surface area (Å²) < 4.78 is 0. The van der Waals surface area contributed by atoms with E-state index in [0.717, 1.165) is 0 Å². The van der Waals surface area contributed by atoms with E-state index in [1.54, 1.807) is 6.07 Å². The van der Waals surface area contributed by atoms with Gasteiger partial charge >= 0.3 is 12.0 Å². The summed E-state index contributed by atoms with van der Waals surface area (Å²) in [6.45, 7) is 0.682. The minimum atomic E-state index is -0.892. The van der Waals surface area contributed by atoms with Gasteiger partial charge in [0.05, 0.1) is 28.3 Å². The fraction of sp³-hybridized carbons (Fsp3) is 0.357. The lowest BCUT2D eigenvalue weighted by Gasteiger charge is -2.30. The first kappa shape index (κ1) is 15.1. The normalized spacial score (nSPS) is 17.9. The van der Waals surface area contributed by atoms with Crippen LogP contribution in [0.15, 0.2) is 18.2 Å². The standard InChI is InChI=1S/C14H14ClN3O3/c15-11-4-3-9(7-16)6-12(11)17-14(21)18-5-1-2-10(8-18)13(19)20/h3-4,6,10H,1-2,5,8H2,(H,17,21)(H,19,20)/t10-/m0/s1. The maximum absolute atomic E-state index is 12.2. The molecule has 1 fully saturated rings. The second-order valence-electron chi connectivity index (χ2n) is 4.86. The first-order valence-electron chi connectivity index (χ1n) is 6.49. The summed E-state index contributed by atoms with van der Waals surface area (Å²) in [5.41, 5.74) is 0.731. The number of halogens is 1. The molecule has 7 heteroatoms. The third-order valence-corrected chi connectivity index (χ3v) is 3.72. The van der Waals surface area contributed by atoms with E-state index in [1.165, 1.54) is 17.0 Å². The number of anilines is 1. The molecule has 1 saturated heterocycles. The molecule has 6 nitrogen and oxygen atoms in total. The van der Waals surface area contributed by atoms with E-state index in [9.17, 15) is 9.59 Å². The zero-order valence-corrected chi connectivity index (χ0v) is 11.9. The molecule has 2 rings (SSSR count). The van der Waals surface area contributed by atoms with Gasteiger partial charge in [0.25, 0.3) is 0 Å². The molecule has 0 aromatic heterocycles. The number of piperidine rings is 1. The van der Waals surface area contributed by atoms with Gasteiger partial charge in [-0.25, -0.2) is 4.79 Å². The van der Waals surface area contributed by atoms with Crippen molar-refractivity contribution in [1.82, 2.24) is 4.90 Å². The summed E-state index contributed by atoms with van der Waals surface area (Å²) in [5.74, 6) is -1.43. The average Bonchev–Trinajstić information content (AvgIpc) is 2.49. The Balaban J connectivity index is 2.08. The lowest BCUT2D eigenvalue weighted by atomic mass is 9.99. The SMILES string of the molecule is N#Cc1ccc(Cl)c(NC(=O)N2CCC[C@H](C(=O)O)C2)c1. The van der Waals surface area contributed by atoms with Crippen molar-refractivity contribution in [2.45, 2.75) is 12.8 Å². The van der Waals surface area contributed by atoms with Crippen LogP contribution in [0.25, 0.3) is 0 Å². The number of carboxylic acids is 1. The Bertz CT molecular complexity index is 612. The molecular formula is C14H14ClN3O3. The van der Waals surface area contributed by atoms with Gasteiger partial charge in [-0.1, -0.05) is 11.6 Å². The zero-order valence-electron chi connectivity index (χ0n) is 11.2. The van der Waals surface area contributed by atoms with E-state index in [0.29, 0.717) is 35.7 Å². The third-order valence-electron chi connectivity index (χ3n) is 3.39. The highest BCUT2D eigenvalue weighted by Gasteiger charge is 2.28. The molecule has 110 valence electrons. The minimum absolute atomic E-state index is 0.177. The molecule has 1 aromatic carbocycles. The van der Waals surface area contributed by atoms with Crippen molar-refractivity contribution in [3.8, 4) is 6.07 Å². The number of hydrogen-bond donors (Lipinski definition) is 2. The largest absolute Gasteiger partial charge is 0.481 e. The van der Waals surface area contributed by atoms with E-state index < -0.39 is 17.9 Å². The third kappa shape index (κ3) is 3.64. The van der Waals surface area contributed by atoms with Crippen LogP contribution in [-0.4, -0.2) is 35.1 Å². The molecule has 0 aliphatic carbocycles. The molecule has 1 aromatic rings. The van der Waals surface area contributed by atoms with Crippen LogP contribution in [0.4, 0.5) is 10.5 Å². The fourth-order valence-corrected chi connectivity index (χ4v) is 2.41. The van der Waals surface area contributed by atoms with Gasteiger partial charge in [0.1, 0.15) is 0 Å². The number of carbonyl (C=O) groups is 2. The lowest BCUT2D eigenvalue weighted by molar-refractivity contribution is -0.143. The van der Waals surface area contributed by atoms with E-state index in [-0.39, 0.29) is 6.54 Å². The highest BCUT2D eigenvalue weighted by Crippen LogP contribution is 2.24. The molecule has 0 unspecified atom stereocenters. The van der Waals surface area contributed by atoms with Crippen LogP contribution in [0, 0.1) is 17.2 Å². The Hall–Kier alpha value is -2.26. The van der Waals surface area contributed by atoms with Gasteiger partial charge in [-0.15, -0.1) is 0 Å². The molecule has 0 spiro atoms. The van der Waals surface area contributed by atoms with Crippen molar-refractivity contribution in [2.24, 2.45) is 5.92 Å². The van der Waals surface area contributed by atoms with Gasteiger partial charge in [0.2, 0.25) is 0 Å². The first-order valence-corrected chi connectivity index (χ1v) is 6.87. The second-order valence-corrected chi connectivity index (χ2v) is 5.27. The number of nitrogens with zero attached hydrogens (tertiary/aromatic N) is 2. The van der Waals surface area contributed by atoms with Gasteiger partial charge in [0, 0.05) is 13.1 Å². The molecule has 1 atom stereocenters. The highest BCUT2D eigenvalue weighted by atomic mass is 35.5. The van der Waals surface area contributed by atoms with Crippen LogP contribution in [-0.2, 0) is 4.79 Å².